The molecule has 0 radical (unpaired) electrons. The predicted octanol–water partition coefficient (Wildman–Crippen LogP) is 3.72. The summed E-state index contributed by atoms with van der Waals surface area (Å²) in [5.41, 5.74) is 2.08. The molecule has 0 fully saturated rings. The number of thioether (sulfide) groups is 1. The molecule has 0 saturated heterocycles. The van der Waals surface area contributed by atoms with Crippen LogP contribution in [0.15, 0.2) is 48.5 Å². The van der Waals surface area contributed by atoms with E-state index in [1.54, 1.807) is 12.1 Å². The molecule has 0 aliphatic rings. The van der Waals surface area contributed by atoms with E-state index in [-0.39, 0.29) is 17.6 Å². The molecule has 0 aliphatic heterocycles. The normalized spacial score (nSPS) is 11.6. The van der Waals surface area contributed by atoms with Gasteiger partial charge in [0, 0.05) is 17.9 Å². The molecule has 0 bridgehead atoms. The topological polar surface area (TPSA) is 81.5 Å². The van der Waals surface area contributed by atoms with Crippen molar-refractivity contribution in [1.82, 2.24) is 5.32 Å². The lowest BCUT2D eigenvalue weighted by atomic mass is 10.2. The first-order chi connectivity index (χ1) is 12.5. The third kappa shape index (κ3) is 6.40. The van der Waals surface area contributed by atoms with E-state index in [2.05, 4.69) is 5.32 Å². The number of hydrogen-bond acceptors (Lipinski definition) is 5. The Morgan fingerprint density at radius 3 is 2.58 bits per heavy atom. The van der Waals surface area contributed by atoms with E-state index in [9.17, 15) is 14.9 Å². The zero-order chi connectivity index (χ0) is 18.9. The van der Waals surface area contributed by atoms with E-state index < -0.39 is 4.92 Å². The zero-order valence-corrected chi connectivity index (χ0v) is 15.6. The molecule has 6 nitrogen and oxygen atoms in total. The van der Waals surface area contributed by atoms with Gasteiger partial charge in [0.05, 0.1) is 16.7 Å². The van der Waals surface area contributed by atoms with Gasteiger partial charge in [0.2, 0.25) is 5.91 Å². The molecule has 1 N–H and O–H groups in total. The zero-order valence-electron chi connectivity index (χ0n) is 14.8. The second-order valence-electron chi connectivity index (χ2n) is 5.96. The molecular formula is C19H22N2O4S. The van der Waals surface area contributed by atoms with Gasteiger partial charge in [-0.2, -0.15) is 0 Å². The van der Waals surface area contributed by atoms with Crippen molar-refractivity contribution < 1.29 is 14.5 Å². The maximum absolute atomic E-state index is 12.0. The third-order valence-corrected chi connectivity index (χ3v) is 4.64. The van der Waals surface area contributed by atoms with E-state index >= 15 is 0 Å². The molecule has 0 unspecified atom stereocenters. The Kier molecular flexibility index (Phi) is 7.47. The first kappa shape index (κ1) is 19.8. The van der Waals surface area contributed by atoms with Crippen LogP contribution < -0.4 is 10.1 Å². The molecule has 2 rings (SSSR count). The van der Waals surface area contributed by atoms with Crippen molar-refractivity contribution in [3.63, 3.8) is 0 Å². The number of aryl methyl sites for hydroxylation is 1. The Hall–Kier alpha value is -2.54. The fraction of sp³-hybridized carbons (Fsp3) is 0.316. The number of carbonyl (C=O) groups is 1. The van der Waals surface area contributed by atoms with Crippen molar-refractivity contribution in [2.24, 2.45) is 0 Å². The second kappa shape index (κ2) is 9.82. The quantitative estimate of drug-likeness (QED) is 0.534. The van der Waals surface area contributed by atoms with E-state index in [0.717, 1.165) is 16.9 Å². The number of hydrogen-bond donors (Lipinski definition) is 1. The number of nitro benzene ring substituents is 1. The first-order valence-electron chi connectivity index (χ1n) is 8.24. The molecule has 1 amide bonds. The van der Waals surface area contributed by atoms with Crippen LogP contribution in [0.2, 0.25) is 0 Å². The summed E-state index contributed by atoms with van der Waals surface area (Å²) in [5.74, 6) is 1.71. The number of para-hydroxylation sites is 1. The van der Waals surface area contributed by atoms with E-state index in [1.807, 2.05) is 38.1 Å². The highest BCUT2D eigenvalue weighted by atomic mass is 32.2. The molecular weight excluding hydrogens is 352 g/mol. The Labute approximate surface area is 157 Å². The van der Waals surface area contributed by atoms with Gasteiger partial charge in [0.15, 0.2) is 0 Å². The van der Waals surface area contributed by atoms with Crippen molar-refractivity contribution in [3.05, 3.63) is 69.8 Å². The number of ether oxygens (including phenoxy) is 1. The lowest BCUT2D eigenvalue weighted by molar-refractivity contribution is -0.384. The summed E-state index contributed by atoms with van der Waals surface area (Å²) in [6.45, 7) is 4.29. The number of nitro groups is 1. The maximum atomic E-state index is 12.0. The van der Waals surface area contributed by atoms with Crippen LogP contribution in [-0.2, 0) is 10.5 Å². The first-order valence-corrected chi connectivity index (χ1v) is 9.40. The van der Waals surface area contributed by atoms with Crippen molar-refractivity contribution in [2.45, 2.75) is 25.6 Å². The Morgan fingerprint density at radius 1 is 1.23 bits per heavy atom. The van der Waals surface area contributed by atoms with Crippen LogP contribution in [0.3, 0.4) is 0 Å². The fourth-order valence-corrected chi connectivity index (χ4v) is 3.07. The average molecular weight is 374 g/mol. The van der Waals surface area contributed by atoms with Gasteiger partial charge in [-0.25, -0.2) is 0 Å². The number of amides is 1. The second-order valence-corrected chi connectivity index (χ2v) is 6.95. The fourth-order valence-electron chi connectivity index (χ4n) is 2.27. The van der Waals surface area contributed by atoms with Gasteiger partial charge < -0.3 is 10.1 Å². The molecule has 26 heavy (non-hydrogen) atoms. The smallest absolute Gasteiger partial charge is 0.269 e. The minimum Gasteiger partial charge on any atom is -0.491 e. The number of nitrogens with zero attached hydrogens (tertiary/aromatic N) is 1. The minimum atomic E-state index is -0.426. The summed E-state index contributed by atoms with van der Waals surface area (Å²) in [6.07, 6.45) is 0. The van der Waals surface area contributed by atoms with Gasteiger partial charge in [-0.05, 0) is 31.0 Å². The summed E-state index contributed by atoms with van der Waals surface area (Å²) in [7, 11) is 0. The van der Waals surface area contributed by atoms with Gasteiger partial charge in [-0.3, -0.25) is 14.9 Å². The predicted molar refractivity (Wildman–Crippen MR) is 104 cm³/mol. The van der Waals surface area contributed by atoms with Crippen LogP contribution in [0, 0.1) is 17.0 Å². The SMILES string of the molecule is Cc1ccccc1OC[C@H](C)NC(=O)CSCc1ccc([N+](=O)[O-])cc1. The largest absolute Gasteiger partial charge is 0.491 e. The van der Waals surface area contributed by atoms with Gasteiger partial charge >= 0.3 is 0 Å². The molecule has 0 saturated carbocycles. The van der Waals surface area contributed by atoms with Gasteiger partial charge in [-0.15, -0.1) is 11.8 Å². The van der Waals surface area contributed by atoms with Gasteiger partial charge in [-0.1, -0.05) is 30.3 Å². The van der Waals surface area contributed by atoms with Crippen LogP contribution in [0.1, 0.15) is 18.1 Å². The standard InChI is InChI=1S/C19H22N2O4S/c1-14-5-3-4-6-18(14)25-11-15(2)20-19(22)13-26-12-16-7-9-17(10-8-16)21(23)24/h3-10,15H,11-13H2,1-2H3,(H,20,22)/t15-/m0/s1. The highest BCUT2D eigenvalue weighted by molar-refractivity contribution is 7.99. The van der Waals surface area contributed by atoms with Crippen molar-refractivity contribution in [3.8, 4) is 5.75 Å². The number of carbonyl (C=O) groups excluding carboxylic acids is 1. The molecule has 0 heterocycles. The molecule has 7 heteroatoms. The highest BCUT2D eigenvalue weighted by Crippen LogP contribution is 2.17. The number of nitrogens with one attached hydrogen (secondary N) is 1. The number of rotatable bonds is 9. The molecule has 2 aromatic carbocycles. The van der Waals surface area contributed by atoms with Crippen LogP contribution >= 0.6 is 11.8 Å². The molecule has 0 spiro atoms. The van der Waals surface area contributed by atoms with Crippen LogP contribution in [0.25, 0.3) is 0 Å². The number of non-ortho nitro benzene ring substituents is 1. The minimum absolute atomic E-state index is 0.0576. The maximum Gasteiger partial charge on any atom is 0.269 e. The number of benzene rings is 2. The molecule has 0 aromatic heterocycles. The summed E-state index contributed by atoms with van der Waals surface area (Å²) >= 11 is 1.46. The Morgan fingerprint density at radius 2 is 1.92 bits per heavy atom. The van der Waals surface area contributed by atoms with Crippen molar-refractivity contribution in [2.75, 3.05) is 12.4 Å². The van der Waals surface area contributed by atoms with Crippen LogP contribution in [0.5, 0.6) is 5.75 Å². The van der Waals surface area contributed by atoms with Gasteiger partial charge in [0.25, 0.3) is 5.69 Å². The lowest BCUT2D eigenvalue weighted by Crippen LogP contribution is -2.37. The summed E-state index contributed by atoms with van der Waals surface area (Å²) < 4.78 is 5.73. The van der Waals surface area contributed by atoms with E-state index in [4.69, 9.17) is 4.74 Å². The molecule has 2 aromatic rings. The summed E-state index contributed by atoms with van der Waals surface area (Å²) in [5, 5.41) is 13.5. The highest BCUT2D eigenvalue weighted by Gasteiger charge is 2.10. The third-order valence-electron chi connectivity index (χ3n) is 3.64. The summed E-state index contributed by atoms with van der Waals surface area (Å²) in [6, 6.07) is 14.0. The monoisotopic (exact) mass is 374 g/mol. The molecule has 0 aliphatic carbocycles. The Balaban J connectivity index is 1.68. The lowest BCUT2D eigenvalue weighted by Gasteiger charge is -2.16. The molecule has 1 atom stereocenters. The van der Waals surface area contributed by atoms with Crippen LogP contribution in [0.4, 0.5) is 5.69 Å². The van der Waals surface area contributed by atoms with Crippen molar-refractivity contribution >= 4 is 23.4 Å². The summed E-state index contributed by atoms with van der Waals surface area (Å²) in [4.78, 5) is 22.2. The Bertz CT molecular complexity index is 749. The average Bonchev–Trinajstić information content (AvgIpc) is 2.61. The van der Waals surface area contributed by atoms with Crippen LogP contribution in [-0.4, -0.2) is 29.2 Å². The van der Waals surface area contributed by atoms with Gasteiger partial charge in [0.1, 0.15) is 12.4 Å². The van der Waals surface area contributed by atoms with E-state index in [0.29, 0.717) is 18.1 Å². The van der Waals surface area contributed by atoms with E-state index in [1.165, 1.54) is 23.9 Å². The van der Waals surface area contributed by atoms with Crippen molar-refractivity contribution in [1.29, 1.82) is 0 Å². The molecule has 138 valence electrons.